The molecule has 0 aliphatic heterocycles. The third-order valence-electron chi connectivity index (χ3n) is 0.379. The second kappa shape index (κ2) is 1.44. The molecule has 0 radical (unpaired) electrons. The van der Waals surface area contributed by atoms with E-state index in [1.165, 1.54) is 0 Å². The summed E-state index contributed by atoms with van der Waals surface area (Å²) in [6.45, 7) is 0. The zero-order chi connectivity index (χ0) is 4.41. The molecule has 0 atom stereocenters. The maximum atomic E-state index is 6.92. The standard InChI is InChI=1S/C4H4Se/c1-2-4-5-3-1/h1-4H/i1D. The molecule has 0 amide bonds. The van der Waals surface area contributed by atoms with Crippen LogP contribution in [0.25, 0.3) is 0 Å². The summed E-state index contributed by atoms with van der Waals surface area (Å²) in [6.07, 6.45) is 0. The minimum absolute atomic E-state index is 0.511. The first-order valence-electron chi connectivity index (χ1n) is 1.88. The van der Waals surface area contributed by atoms with Crippen LogP contribution < -0.4 is 0 Å². The van der Waals surface area contributed by atoms with E-state index in [9.17, 15) is 0 Å². The molecule has 1 aromatic heterocycles. The summed E-state index contributed by atoms with van der Waals surface area (Å²) < 4.78 is 6.92. The second-order valence-electron chi connectivity index (χ2n) is 0.723. The van der Waals surface area contributed by atoms with Gasteiger partial charge in [-0.25, -0.2) is 0 Å². The SMILES string of the molecule is [2H]c1cc[se]c1. The molecule has 5 heavy (non-hydrogen) atoms. The Balaban J connectivity index is 3.05. The molecule has 1 heteroatoms. The molecule has 1 rings (SSSR count). The van der Waals surface area contributed by atoms with Gasteiger partial charge in [0.15, 0.2) is 0 Å². The Morgan fingerprint density at radius 3 is 2.80 bits per heavy atom. The maximum absolute atomic E-state index is 6.92. The Hall–Kier alpha value is -0.000519. The number of rotatable bonds is 0. The summed E-state index contributed by atoms with van der Waals surface area (Å²) in [6, 6.07) is 2.51. The van der Waals surface area contributed by atoms with E-state index in [1.807, 2.05) is 15.9 Å². The van der Waals surface area contributed by atoms with Gasteiger partial charge in [-0.1, -0.05) is 0 Å². The Morgan fingerprint density at radius 1 is 1.60 bits per heavy atom. The van der Waals surface area contributed by atoms with Crippen molar-refractivity contribution in [2.24, 2.45) is 0 Å². The van der Waals surface area contributed by atoms with Crippen LogP contribution in [0.3, 0.4) is 0 Å². The molecular formula is C4H4Se. The Morgan fingerprint density at radius 2 is 2.60 bits per heavy atom. The van der Waals surface area contributed by atoms with E-state index in [2.05, 4.69) is 0 Å². The monoisotopic (exact) mass is 133 g/mol. The van der Waals surface area contributed by atoms with Gasteiger partial charge in [0.1, 0.15) is 0 Å². The number of hydrogen-bond donors (Lipinski definition) is 0. The van der Waals surface area contributed by atoms with Crippen molar-refractivity contribution in [3.63, 3.8) is 0 Å². The zero-order valence-corrected chi connectivity index (χ0v) is 4.35. The van der Waals surface area contributed by atoms with Gasteiger partial charge in [-0.15, -0.1) is 0 Å². The first-order valence-corrected chi connectivity index (χ1v) is 3.36. The van der Waals surface area contributed by atoms with Crippen molar-refractivity contribution < 1.29 is 1.37 Å². The summed E-state index contributed by atoms with van der Waals surface area (Å²) in [5.41, 5.74) is 0. The molecule has 0 aliphatic carbocycles. The van der Waals surface area contributed by atoms with Gasteiger partial charge in [-0.05, 0) is 0 Å². The summed E-state index contributed by atoms with van der Waals surface area (Å²) in [7, 11) is 0. The van der Waals surface area contributed by atoms with E-state index in [0.29, 0.717) is 20.5 Å². The normalized spacial score (nSPS) is 10.8. The molecule has 1 aromatic rings. The Labute approximate surface area is 38.6 Å². The van der Waals surface area contributed by atoms with Crippen molar-refractivity contribution in [2.75, 3.05) is 0 Å². The average molecular weight is 132 g/mol. The van der Waals surface area contributed by atoms with E-state index in [-0.39, 0.29) is 0 Å². The average Bonchev–Trinajstić information content (AvgIpc) is 1.86. The zero-order valence-electron chi connectivity index (χ0n) is 3.64. The van der Waals surface area contributed by atoms with Gasteiger partial charge in [-0.3, -0.25) is 0 Å². The minimum atomic E-state index is 0.511. The summed E-state index contributed by atoms with van der Waals surface area (Å²) >= 11 is 0.511. The molecule has 0 saturated heterocycles. The number of hydrogen-bond acceptors (Lipinski definition) is 0. The van der Waals surface area contributed by atoms with Crippen LogP contribution in [0.5, 0.6) is 0 Å². The summed E-state index contributed by atoms with van der Waals surface area (Å²) in [5.74, 6) is 0. The third-order valence-corrected chi connectivity index (χ3v) is 1.57. The molecule has 0 fully saturated rings. The fraction of sp³-hybridized carbons (Fsp3) is 0. The molecule has 0 unspecified atom stereocenters. The van der Waals surface area contributed by atoms with Crippen LogP contribution >= 0.6 is 0 Å². The molecule has 1 heterocycles. The molecule has 0 aliphatic rings. The first-order chi connectivity index (χ1) is 2.89. The van der Waals surface area contributed by atoms with Crippen LogP contribution in [0.2, 0.25) is 0 Å². The Kier molecular flexibility index (Phi) is 0.640. The van der Waals surface area contributed by atoms with Gasteiger partial charge in [0, 0.05) is 0 Å². The van der Waals surface area contributed by atoms with Crippen LogP contribution in [0.4, 0.5) is 0 Å². The molecule has 0 saturated carbocycles. The molecule has 26 valence electrons. The van der Waals surface area contributed by atoms with Gasteiger partial charge in [0.05, 0.1) is 0 Å². The van der Waals surface area contributed by atoms with Crippen molar-refractivity contribution in [3.8, 4) is 0 Å². The molecule has 0 spiro atoms. The van der Waals surface area contributed by atoms with Gasteiger partial charge < -0.3 is 0 Å². The van der Waals surface area contributed by atoms with E-state index < -0.39 is 0 Å². The fourth-order valence-electron chi connectivity index (χ4n) is 0.196. The van der Waals surface area contributed by atoms with Crippen LogP contribution in [-0.4, -0.2) is 14.5 Å². The molecule has 0 bridgehead atoms. The van der Waals surface area contributed by atoms with Crippen molar-refractivity contribution in [1.29, 1.82) is 0 Å². The molecule has 0 aromatic carbocycles. The predicted molar refractivity (Wildman–Crippen MR) is 23.4 cm³/mol. The van der Waals surface area contributed by atoms with Crippen LogP contribution in [0.15, 0.2) is 22.0 Å². The van der Waals surface area contributed by atoms with Crippen molar-refractivity contribution >= 4 is 14.5 Å². The Bertz CT molecular complexity index is 111. The molecular weight excluding hydrogens is 127 g/mol. The van der Waals surface area contributed by atoms with Crippen molar-refractivity contribution in [1.82, 2.24) is 0 Å². The van der Waals surface area contributed by atoms with Gasteiger partial charge in [-0.2, -0.15) is 0 Å². The van der Waals surface area contributed by atoms with Gasteiger partial charge in [0.25, 0.3) is 0 Å². The van der Waals surface area contributed by atoms with Crippen LogP contribution in [0.1, 0.15) is 1.37 Å². The van der Waals surface area contributed by atoms with E-state index in [4.69, 9.17) is 1.37 Å². The topological polar surface area (TPSA) is 0 Å². The van der Waals surface area contributed by atoms with Crippen molar-refractivity contribution in [2.45, 2.75) is 0 Å². The van der Waals surface area contributed by atoms with Crippen molar-refractivity contribution in [3.05, 3.63) is 22.0 Å². The van der Waals surface area contributed by atoms with Gasteiger partial charge in [0.2, 0.25) is 0 Å². The summed E-state index contributed by atoms with van der Waals surface area (Å²) in [4.78, 5) is 3.97. The van der Waals surface area contributed by atoms with E-state index >= 15 is 0 Å². The first kappa shape index (κ1) is 2.22. The fourth-order valence-corrected chi connectivity index (χ4v) is 1.02. The third kappa shape index (κ3) is 0.640. The van der Waals surface area contributed by atoms with E-state index in [0.717, 1.165) is 0 Å². The van der Waals surface area contributed by atoms with Crippen LogP contribution in [-0.2, 0) is 0 Å². The summed E-state index contributed by atoms with van der Waals surface area (Å²) in [5, 5.41) is 0. The van der Waals surface area contributed by atoms with Gasteiger partial charge >= 0.3 is 37.9 Å². The van der Waals surface area contributed by atoms with Crippen LogP contribution in [0, 0.1) is 0 Å². The molecule has 0 N–H and O–H groups in total. The van der Waals surface area contributed by atoms with E-state index in [1.54, 1.807) is 0 Å². The predicted octanol–water partition coefficient (Wildman–Crippen LogP) is 0.744. The molecule has 0 nitrogen and oxygen atoms in total. The second-order valence-corrected chi connectivity index (χ2v) is 2.36. The quantitative estimate of drug-likeness (QED) is 0.457.